The molecule has 0 saturated carbocycles. The van der Waals surface area contributed by atoms with Crippen molar-refractivity contribution in [1.29, 1.82) is 0 Å². The zero-order chi connectivity index (χ0) is 27.7. The number of nitrogens with one attached hydrogen (secondary N) is 1. The lowest BCUT2D eigenvalue weighted by Gasteiger charge is -2.42. The average molecular weight is 554 g/mol. The monoisotopic (exact) mass is 553 g/mol. The number of halogens is 1. The highest BCUT2D eigenvalue weighted by atomic mass is 32.2. The predicted molar refractivity (Wildman–Crippen MR) is 133 cm³/mol. The van der Waals surface area contributed by atoms with Crippen LogP contribution in [-0.4, -0.2) is 81.2 Å². The van der Waals surface area contributed by atoms with Crippen molar-refractivity contribution in [2.75, 3.05) is 19.0 Å². The first-order chi connectivity index (χ1) is 18.1. The van der Waals surface area contributed by atoms with Gasteiger partial charge in [0.15, 0.2) is 28.4 Å². The molecule has 1 aliphatic rings. The minimum atomic E-state index is -3.67. The van der Waals surface area contributed by atoms with Crippen molar-refractivity contribution < 1.29 is 46.5 Å². The molecule has 0 bridgehead atoms. The number of ether oxygens (including phenoxy) is 4. The number of rotatable bonds is 12. The Morgan fingerprint density at radius 1 is 1.11 bits per heavy atom. The van der Waals surface area contributed by atoms with Gasteiger partial charge in [-0.05, 0) is 24.6 Å². The number of carbonyl (C=O) groups is 2. The quantitative estimate of drug-likeness (QED) is 0.375. The maximum atomic E-state index is 15.5. The molecule has 38 heavy (non-hydrogen) atoms. The van der Waals surface area contributed by atoms with Crippen molar-refractivity contribution in [2.24, 2.45) is 0 Å². The van der Waals surface area contributed by atoms with Crippen LogP contribution in [0.5, 0.6) is 0 Å². The molecular weight excluding hydrogens is 521 g/mol. The van der Waals surface area contributed by atoms with Gasteiger partial charge < -0.3 is 29.4 Å². The summed E-state index contributed by atoms with van der Waals surface area (Å²) < 4.78 is 61.8. The first kappa shape index (κ1) is 29.7. The summed E-state index contributed by atoms with van der Waals surface area (Å²) >= 11 is 0. The summed E-state index contributed by atoms with van der Waals surface area (Å²) in [6.07, 6.45) is -7.60. The summed E-state index contributed by atoms with van der Waals surface area (Å²) in [5.41, 5.74) is 0.855. The number of benzene rings is 2. The van der Waals surface area contributed by atoms with Gasteiger partial charge in [0.05, 0.1) is 23.9 Å². The molecule has 1 amide bonds. The highest BCUT2D eigenvalue weighted by molar-refractivity contribution is 7.91. The van der Waals surface area contributed by atoms with Crippen LogP contribution in [0, 0.1) is 0 Å². The molecule has 1 saturated heterocycles. The molecule has 0 radical (unpaired) electrons. The Morgan fingerprint density at radius 3 is 2.37 bits per heavy atom. The number of alkyl halides is 1. The first-order valence-corrected chi connectivity index (χ1v) is 13.7. The van der Waals surface area contributed by atoms with Crippen molar-refractivity contribution in [3.8, 4) is 0 Å². The van der Waals surface area contributed by atoms with E-state index in [1.165, 1.54) is 26.0 Å². The van der Waals surface area contributed by atoms with Crippen LogP contribution >= 0.6 is 0 Å². The molecule has 2 N–H and O–H groups in total. The second-order valence-electron chi connectivity index (χ2n) is 8.78. The maximum absolute atomic E-state index is 15.5. The molecule has 0 aliphatic carbocycles. The van der Waals surface area contributed by atoms with Crippen molar-refractivity contribution in [3.63, 3.8) is 0 Å². The fourth-order valence-corrected chi connectivity index (χ4v) is 4.97. The molecule has 6 atom stereocenters. The van der Waals surface area contributed by atoms with Gasteiger partial charge in [0.1, 0.15) is 24.9 Å². The first-order valence-electron chi connectivity index (χ1n) is 12.0. The number of hydrogen-bond acceptors (Lipinski definition) is 9. The third-order valence-corrected chi connectivity index (χ3v) is 7.49. The van der Waals surface area contributed by atoms with Gasteiger partial charge in [0, 0.05) is 6.92 Å². The van der Waals surface area contributed by atoms with Crippen LogP contribution in [0.3, 0.4) is 0 Å². The van der Waals surface area contributed by atoms with E-state index in [4.69, 9.17) is 18.9 Å². The van der Waals surface area contributed by atoms with Crippen LogP contribution in [0.2, 0.25) is 0 Å². The smallest absolute Gasteiger partial charge is 0.335 e. The lowest BCUT2D eigenvalue weighted by molar-refractivity contribution is -0.257. The van der Waals surface area contributed by atoms with Gasteiger partial charge in [-0.3, -0.25) is 4.79 Å². The zero-order valence-corrected chi connectivity index (χ0v) is 21.9. The van der Waals surface area contributed by atoms with Crippen LogP contribution in [-0.2, 0) is 45.0 Å². The van der Waals surface area contributed by atoms with Crippen molar-refractivity contribution in [1.82, 2.24) is 5.32 Å². The van der Waals surface area contributed by atoms with Gasteiger partial charge in [-0.15, -0.1) is 0 Å². The number of sulfone groups is 1. The van der Waals surface area contributed by atoms with Crippen LogP contribution in [0.1, 0.15) is 19.4 Å². The van der Waals surface area contributed by atoms with Gasteiger partial charge in [0.2, 0.25) is 5.91 Å². The second kappa shape index (κ2) is 13.8. The molecular formula is C26H32FNO9S. The van der Waals surface area contributed by atoms with Crippen LogP contribution < -0.4 is 5.32 Å². The summed E-state index contributed by atoms with van der Waals surface area (Å²) in [5.74, 6) is -1.95. The van der Waals surface area contributed by atoms with Crippen molar-refractivity contribution in [2.45, 2.75) is 62.2 Å². The Balaban J connectivity index is 1.59. The molecule has 12 heteroatoms. The van der Waals surface area contributed by atoms with E-state index in [1.54, 1.807) is 18.2 Å². The molecule has 0 spiro atoms. The number of aliphatic hydroxyl groups excluding tert-OH is 1. The fourth-order valence-electron chi connectivity index (χ4n) is 3.86. The number of hydrogen-bond donors (Lipinski definition) is 2. The Hall–Kier alpha value is -2.90. The van der Waals surface area contributed by atoms with E-state index in [2.05, 4.69) is 5.32 Å². The Labute approximate surface area is 221 Å². The van der Waals surface area contributed by atoms with E-state index in [9.17, 15) is 23.1 Å². The van der Waals surface area contributed by atoms with Gasteiger partial charge in [0.25, 0.3) is 0 Å². The van der Waals surface area contributed by atoms with Gasteiger partial charge in [-0.2, -0.15) is 0 Å². The fraction of sp³-hybridized carbons (Fsp3) is 0.462. The Morgan fingerprint density at radius 2 is 1.74 bits per heavy atom. The van der Waals surface area contributed by atoms with E-state index in [0.29, 0.717) is 0 Å². The van der Waals surface area contributed by atoms with Gasteiger partial charge in [-0.1, -0.05) is 48.5 Å². The number of carbonyl (C=O) groups excluding carboxylic acids is 2. The molecule has 1 aliphatic heterocycles. The second-order valence-corrected chi connectivity index (χ2v) is 10.9. The molecule has 0 aromatic heterocycles. The topological polar surface area (TPSA) is 137 Å². The SMILES string of the molecule is CC(=O)N[C@H]1C(O)O[C@H](COCc2ccccc2)[C@@H](F)[C@@H]1O[C@H](C)C(=O)OCCS(=O)(=O)c1ccccc1. The molecule has 2 aromatic rings. The molecule has 208 valence electrons. The molecule has 3 rings (SSSR count). The number of aliphatic hydroxyl groups is 1. The van der Waals surface area contributed by atoms with Crippen LogP contribution in [0.15, 0.2) is 65.6 Å². The standard InChI is InChI=1S/C26H32FNO9S/c1-17(25(30)35-13-14-38(32,33)20-11-7-4-8-12-20)36-24-22(27)21(37-26(31)23(24)28-18(2)29)16-34-15-19-9-5-3-6-10-19/h3-12,17,21-24,26,31H,13-16H2,1-2H3,(H,28,29)/t17-,21-,22-,23-,24+,26?/m1/s1. The van der Waals surface area contributed by atoms with Gasteiger partial charge >= 0.3 is 5.97 Å². The summed E-state index contributed by atoms with van der Waals surface area (Å²) in [6, 6.07) is 15.6. The predicted octanol–water partition coefficient (Wildman–Crippen LogP) is 1.55. The molecule has 10 nitrogen and oxygen atoms in total. The maximum Gasteiger partial charge on any atom is 0.335 e. The van der Waals surface area contributed by atoms with Crippen molar-refractivity contribution in [3.05, 3.63) is 66.2 Å². The van der Waals surface area contributed by atoms with Gasteiger partial charge in [-0.25, -0.2) is 17.6 Å². The Bertz CT molecular complexity index is 1150. The number of esters is 1. The highest BCUT2D eigenvalue weighted by Gasteiger charge is 2.48. The lowest BCUT2D eigenvalue weighted by atomic mass is 9.97. The highest BCUT2D eigenvalue weighted by Crippen LogP contribution is 2.27. The number of amides is 1. The van der Waals surface area contributed by atoms with E-state index in [-0.39, 0.29) is 18.1 Å². The van der Waals surface area contributed by atoms with E-state index < -0.39 is 70.9 Å². The zero-order valence-electron chi connectivity index (χ0n) is 21.1. The Kier molecular flexibility index (Phi) is 10.7. The van der Waals surface area contributed by atoms with E-state index in [0.717, 1.165) is 5.56 Å². The van der Waals surface area contributed by atoms with Crippen LogP contribution in [0.4, 0.5) is 4.39 Å². The summed E-state index contributed by atoms with van der Waals surface area (Å²) in [4.78, 5) is 24.3. The van der Waals surface area contributed by atoms with E-state index in [1.807, 2.05) is 30.3 Å². The van der Waals surface area contributed by atoms with E-state index >= 15 is 4.39 Å². The third-order valence-electron chi connectivity index (χ3n) is 5.80. The third kappa shape index (κ3) is 8.30. The minimum Gasteiger partial charge on any atom is -0.463 e. The summed E-state index contributed by atoms with van der Waals surface area (Å²) in [7, 11) is -3.67. The lowest BCUT2D eigenvalue weighted by Crippen LogP contribution is -2.64. The van der Waals surface area contributed by atoms with Crippen molar-refractivity contribution >= 4 is 21.7 Å². The minimum absolute atomic E-state index is 0.0930. The molecule has 1 heterocycles. The molecule has 1 fully saturated rings. The normalized spacial score (nSPS) is 24.4. The largest absolute Gasteiger partial charge is 0.463 e. The molecule has 1 unspecified atom stereocenters. The van der Waals surface area contributed by atoms with Crippen LogP contribution in [0.25, 0.3) is 0 Å². The molecule has 2 aromatic carbocycles. The average Bonchev–Trinajstić information content (AvgIpc) is 2.89. The summed E-state index contributed by atoms with van der Waals surface area (Å²) in [6.45, 7) is 1.99. The summed E-state index contributed by atoms with van der Waals surface area (Å²) in [5, 5.41) is 12.9.